The smallest absolute Gasteiger partial charge is 0.436 e. The summed E-state index contributed by atoms with van der Waals surface area (Å²) in [6.07, 6.45) is 9.84. The minimum atomic E-state index is -4.53. The maximum Gasteiger partial charge on any atom is 0.436 e. The lowest BCUT2D eigenvalue weighted by atomic mass is 9.89. The number of likely N-dealkylation sites (tertiary alicyclic amines) is 1. The summed E-state index contributed by atoms with van der Waals surface area (Å²) in [7, 11) is 1.73. The molecule has 2 unspecified atom stereocenters. The molecule has 0 radical (unpaired) electrons. The summed E-state index contributed by atoms with van der Waals surface area (Å²) < 4.78 is 41.1. The molecule has 0 spiro atoms. The molecule has 214 valence electrons. The van der Waals surface area contributed by atoms with Gasteiger partial charge in [0.15, 0.2) is 5.69 Å². The molecule has 1 aliphatic rings. The van der Waals surface area contributed by atoms with E-state index in [2.05, 4.69) is 62.0 Å². The van der Waals surface area contributed by atoms with Gasteiger partial charge in [-0.3, -0.25) is 4.90 Å². The van der Waals surface area contributed by atoms with E-state index in [-0.39, 0.29) is 10.4 Å². The van der Waals surface area contributed by atoms with E-state index in [1.165, 1.54) is 82.9 Å². The van der Waals surface area contributed by atoms with Crippen LogP contribution in [0.3, 0.4) is 0 Å². The number of anilines is 1. The molecule has 2 heterocycles. The highest BCUT2D eigenvalue weighted by Crippen LogP contribution is 2.34. The predicted molar refractivity (Wildman–Crippen MR) is 151 cm³/mol. The molecule has 1 saturated heterocycles. The van der Waals surface area contributed by atoms with E-state index in [0.717, 1.165) is 18.5 Å². The Morgan fingerprint density at radius 3 is 2.24 bits per heavy atom. The minimum absolute atomic E-state index is 0.259. The second-order valence-electron chi connectivity index (χ2n) is 9.86. The van der Waals surface area contributed by atoms with Crippen molar-refractivity contribution >= 4 is 21.7 Å². The van der Waals surface area contributed by atoms with Crippen LogP contribution in [0.1, 0.15) is 88.4 Å². The maximum atomic E-state index is 12.0. The number of rotatable bonds is 13. The Hall–Kier alpha value is -1.91. The Balaban J connectivity index is 0.000000352. The molecule has 0 amide bonds. The molecule has 2 atom stereocenters. The zero-order valence-electron chi connectivity index (χ0n) is 22.7. The number of benzene rings is 1. The number of alkyl halides is 3. The normalized spacial score (nSPS) is 15.6. The van der Waals surface area contributed by atoms with Gasteiger partial charge in [-0.2, -0.15) is 13.2 Å². The van der Waals surface area contributed by atoms with E-state index in [4.69, 9.17) is 16.2 Å². The summed E-state index contributed by atoms with van der Waals surface area (Å²) in [5.41, 5.74) is 11.5. The van der Waals surface area contributed by atoms with Crippen molar-refractivity contribution in [3.05, 3.63) is 46.3 Å². The van der Waals surface area contributed by atoms with Crippen LogP contribution in [0.25, 0.3) is 0 Å². The number of ether oxygens (including phenoxy) is 1. The molecule has 3 rings (SSSR count). The van der Waals surface area contributed by atoms with Gasteiger partial charge < -0.3 is 16.2 Å². The van der Waals surface area contributed by atoms with Crippen molar-refractivity contribution in [1.29, 1.82) is 0 Å². The summed E-state index contributed by atoms with van der Waals surface area (Å²) in [6.45, 7) is 5.55. The van der Waals surface area contributed by atoms with Crippen LogP contribution in [0.15, 0.2) is 35.1 Å². The third-order valence-corrected chi connectivity index (χ3v) is 7.53. The summed E-state index contributed by atoms with van der Waals surface area (Å²) in [5, 5.41) is 0. The van der Waals surface area contributed by atoms with Gasteiger partial charge in [0, 0.05) is 6.04 Å². The van der Waals surface area contributed by atoms with Gasteiger partial charge in [-0.05, 0) is 84.9 Å². The third-order valence-electron chi connectivity index (χ3n) is 6.95. The summed E-state index contributed by atoms with van der Waals surface area (Å²) >= 11 is 2.62. The van der Waals surface area contributed by atoms with E-state index < -0.39 is 11.9 Å². The van der Waals surface area contributed by atoms with Crippen LogP contribution in [0, 0.1) is 5.92 Å². The average molecular weight is 603 g/mol. The number of nitrogens with zero attached hydrogens (tertiary/aromatic N) is 3. The highest BCUT2D eigenvalue weighted by molar-refractivity contribution is 9.10. The van der Waals surface area contributed by atoms with Gasteiger partial charge >= 0.3 is 6.18 Å². The summed E-state index contributed by atoms with van der Waals surface area (Å²) in [5.74, 6) is 1.32. The average Bonchev–Trinajstić information content (AvgIpc) is 3.44. The Bertz CT molecular complexity index is 924. The van der Waals surface area contributed by atoms with E-state index in [1.54, 1.807) is 7.11 Å². The van der Waals surface area contributed by atoms with E-state index >= 15 is 0 Å². The number of aromatic nitrogens is 2. The molecule has 38 heavy (non-hydrogen) atoms. The number of hydrogen-bond acceptors (Lipinski definition) is 6. The van der Waals surface area contributed by atoms with Crippen molar-refractivity contribution in [2.45, 2.75) is 83.4 Å². The lowest BCUT2D eigenvalue weighted by Gasteiger charge is -2.31. The van der Waals surface area contributed by atoms with Crippen LogP contribution in [-0.2, 0) is 6.18 Å². The zero-order chi connectivity index (χ0) is 28.0. The third kappa shape index (κ3) is 11.1. The molecule has 0 saturated carbocycles. The first kappa shape index (κ1) is 32.3. The highest BCUT2D eigenvalue weighted by Gasteiger charge is 2.36. The van der Waals surface area contributed by atoms with Crippen molar-refractivity contribution in [2.75, 3.05) is 32.5 Å². The highest BCUT2D eigenvalue weighted by atomic mass is 79.9. The number of halogens is 4. The quantitative estimate of drug-likeness (QED) is 0.233. The Morgan fingerprint density at radius 2 is 1.68 bits per heavy atom. The predicted octanol–water partition coefficient (Wildman–Crippen LogP) is 7.39. The van der Waals surface area contributed by atoms with Gasteiger partial charge in [-0.1, -0.05) is 57.6 Å². The lowest BCUT2D eigenvalue weighted by Crippen LogP contribution is -2.29. The van der Waals surface area contributed by atoms with Gasteiger partial charge in [-0.25, -0.2) is 9.97 Å². The zero-order valence-corrected chi connectivity index (χ0v) is 24.2. The Kier molecular flexibility index (Phi) is 14.4. The largest absolute Gasteiger partial charge is 0.497 e. The molecular weight excluding hydrogens is 559 g/mol. The molecule has 2 aromatic rings. The first-order chi connectivity index (χ1) is 18.2. The fraction of sp³-hybridized carbons (Fsp3) is 0.643. The molecule has 1 aliphatic heterocycles. The second-order valence-corrected chi connectivity index (χ2v) is 10.6. The molecule has 1 fully saturated rings. The molecule has 0 aliphatic carbocycles. The van der Waals surface area contributed by atoms with Gasteiger partial charge in [-0.15, -0.1) is 0 Å². The SMILES string of the molecule is CCCCCCCCC(CN)CC(c1ccc(OC)cc1)N1CCCC1.Nc1cnc(Br)c(C(F)(F)F)n1. The number of unbranched alkanes of at least 4 members (excludes halogenated alkanes) is 5. The standard InChI is InChI=1S/C23H40N2O.C5H3BrF3N3/c1-3-4-5-6-7-8-11-20(19-24)18-23(25-16-9-10-17-25)21-12-14-22(26-2)15-13-21;6-4-3(5(7,8)9)12-2(10)1-11-4/h12-15,20,23H,3-11,16-19,24H2,1-2H3;1H,(H2,10,12). The molecule has 10 heteroatoms. The van der Waals surface area contributed by atoms with Crippen LogP contribution in [0.2, 0.25) is 0 Å². The van der Waals surface area contributed by atoms with Crippen LogP contribution < -0.4 is 16.2 Å². The van der Waals surface area contributed by atoms with Crippen molar-refractivity contribution in [1.82, 2.24) is 14.9 Å². The van der Waals surface area contributed by atoms with Crippen molar-refractivity contribution in [3.8, 4) is 5.75 Å². The van der Waals surface area contributed by atoms with E-state index in [9.17, 15) is 13.2 Å². The second kappa shape index (κ2) is 16.9. The molecule has 1 aromatic heterocycles. The monoisotopic (exact) mass is 601 g/mol. The van der Waals surface area contributed by atoms with Crippen molar-refractivity contribution in [3.63, 3.8) is 0 Å². The lowest BCUT2D eigenvalue weighted by molar-refractivity contribution is -0.142. The molecular formula is C28H43BrF3N5O. The van der Waals surface area contributed by atoms with Gasteiger partial charge in [0.1, 0.15) is 16.2 Å². The van der Waals surface area contributed by atoms with Crippen LogP contribution >= 0.6 is 15.9 Å². The van der Waals surface area contributed by atoms with Crippen LogP contribution in [0.4, 0.5) is 19.0 Å². The Morgan fingerprint density at radius 1 is 1.05 bits per heavy atom. The number of hydrogen-bond donors (Lipinski definition) is 2. The van der Waals surface area contributed by atoms with Crippen LogP contribution in [-0.4, -0.2) is 41.6 Å². The van der Waals surface area contributed by atoms with Gasteiger partial charge in [0.2, 0.25) is 0 Å². The first-order valence-corrected chi connectivity index (χ1v) is 14.4. The molecule has 1 aromatic carbocycles. The van der Waals surface area contributed by atoms with Gasteiger partial charge in [0.05, 0.1) is 13.3 Å². The maximum absolute atomic E-state index is 12.0. The fourth-order valence-electron chi connectivity index (χ4n) is 4.80. The fourth-order valence-corrected chi connectivity index (χ4v) is 5.22. The van der Waals surface area contributed by atoms with Crippen LogP contribution in [0.5, 0.6) is 5.75 Å². The summed E-state index contributed by atoms with van der Waals surface area (Å²) in [6, 6.07) is 9.21. The van der Waals surface area contributed by atoms with Crippen molar-refractivity contribution in [2.24, 2.45) is 11.7 Å². The van der Waals surface area contributed by atoms with E-state index in [1.807, 2.05) is 0 Å². The number of nitrogen functional groups attached to an aromatic ring is 1. The van der Waals surface area contributed by atoms with E-state index in [0.29, 0.717) is 12.0 Å². The molecule has 6 nitrogen and oxygen atoms in total. The Labute approximate surface area is 233 Å². The molecule has 0 bridgehead atoms. The topological polar surface area (TPSA) is 90.3 Å². The van der Waals surface area contributed by atoms with Crippen molar-refractivity contribution < 1.29 is 17.9 Å². The van der Waals surface area contributed by atoms with Gasteiger partial charge in [0.25, 0.3) is 0 Å². The number of methoxy groups -OCH3 is 1. The summed E-state index contributed by atoms with van der Waals surface area (Å²) in [4.78, 5) is 9.11. The minimum Gasteiger partial charge on any atom is -0.497 e. The molecule has 4 N–H and O–H groups in total. The first-order valence-electron chi connectivity index (χ1n) is 13.6. The number of nitrogens with two attached hydrogens (primary N) is 2.